The molecule has 0 aliphatic heterocycles. The average molecular weight is 273 g/mol. The summed E-state index contributed by atoms with van der Waals surface area (Å²) in [5.41, 5.74) is -0.0155. The maximum absolute atomic E-state index is 9.15. The third-order valence-electron chi connectivity index (χ3n) is 5.48. The van der Waals surface area contributed by atoms with Crippen molar-refractivity contribution in [3.63, 3.8) is 0 Å². The number of aromatic nitrogens is 2. The molecular formula is C16H23N3O. The van der Waals surface area contributed by atoms with Crippen molar-refractivity contribution in [2.45, 2.75) is 64.7 Å². The Morgan fingerprint density at radius 3 is 2.55 bits per heavy atom. The number of rotatable bonds is 3. The second-order valence-corrected chi connectivity index (χ2v) is 7.02. The van der Waals surface area contributed by atoms with Crippen LogP contribution < -0.4 is 0 Å². The van der Waals surface area contributed by atoms with Gasteiger partial charge < -0.3 is 4.52 Å². The van der Waals surface area contributed by atoms with Crippen molar-refractivity contribution in [1.82, 2.24) is 10.1 Å². The summed E-state index contributed by atoms with van der Waals surface area (Å²) in [4.78, 5) is 4.61. The van der Waals surface area contributed by atoms with Crippen LogP contribution >= 0.6 is 0 Å². The third-order valence-corrected chi connectivity index (χ3v) is 5.48. The van der Waals surface area contributed by atoms with Crippen LogP contribution in [0, 0.1) is 28.6 Å². The highest BCUT2D eigenvalue weighted by Crippen LogP contribution is 2.63. The van der Waals surface area contributed by atoms with E-state index in [9.17, 15) is 0 Å². The molecule has 0 N–H and O–H groups in total. The molecule has 2 atom stereocenters. The van der Waals surface area contributed by atoms with Gasteiger partial charge in [-0.3, -0.25) is 0 Å². The van der Waals surface area contributed by atoms with Crippen LogP contribution in [-0.2, 0) is 0 Å². The Kier molecular flexibility index (Phi) is 3.32. The van der Waals surface area contributed by atoms with Crippen molar-refractivity contribution in [3.05, 3.63) is 11.7 Å². The Labute approximate surface area is 120 Å². The highest BCUT2D eigenvalue weighted by molar-refractivity contribution is 5.26. The highest BCUT2D eigenvalue weighted by atomic mass is 16.5. The highest BCUT2D eigenvalue weighted by Gasteiger charge is 2.62. The molecule has 4 heteroatoms. The van der Waals surface area contributed by atoms with E-state index in [0.29, 0.717) is 11.8 Å². The molecule has 2 aliphatic carbocycles. The molecule has 0 radical (unpaired) electrons. The van der Waals surface area contributed by atoms with E-state index >= 15 is 0 Å². The number of hydrogen-bond donors (Lipinski definition) is 0. The normalized spacial score (nSPS) is 35.5. The van der Waals surface area contributed by atoms with Crippen molar-refractivity contribution in [2.24, 2.45) is 17.3 Å². The standard InChI is InChI=1S/C16H23N3O/c1-4-10-5-7-11(8-6-10)14-18-15(20-19-14)13-12(9-17)16(13,2)3/h10-13H,4-8H2,1-3H3. The first-order valence-corrected chi connectivity index (χ1v) is 7.81. The second kappa shape index (κ2) is 4.87. The largest absolute Gasteiger partial charge is 0.339 e. The van der Waals surface area contributed by atoms with Gasteiger partial charge in [0.15, 0.2) is 5.82 Å². The molecule has 0 spiro atoms. The summed E-state index contributed by atoms with van der Waals surface area (Å²) < 4.78 is 5.45. The second-order valence-electron chi connectivity index (χ2n) is 7.02. The van der Waals surface area contributed by atoms with E-state index in [1.54, 1.807) is 0 Å². The van der Waals surface area contributed by atoms with Gasteiger partial charge in [-0.15, -0.1) is 0 Å². The predicted molar refractivity (Wildman–Crippen MR) is 74.9 cm³/mol. The Morgan fingerprint density at radius 2 is 2.00 bits per heavy atom. The topological polar surface area (TPSA) is 62.7 Å². The number of nitrogens with zero attached hydrogens (tertiary/aromatic N) is 3. The first kappa shape index (κ1) is 13.6. The van der Waals surface area contributed by atoms with Gasteiger partial charge in [0, 0.05) is 5.92 Å². The minimum atomic E-state index is -0.0155. The fourth-order valence-corrected chi connectivity index (χ4v) is 3.71. The summed E-state index contributed by atoms with van der Waals surface area (Å²) in [5.74, 6) is 3.02. The van der Waals surface area contributed by atoms with Crippen molar-refractivity contribution in [3.8, 4) is 6.07 Å². The van der Waals surface area contributed by atoms with Crippen molar-refractivity contribution >= 4 is 0 Å². The van der Waals surface area contributed by atoms with E-state index < -0.39 is 0 Å². The summed E-state index contributed by atoms with van der Waals surface area (Å²) in [5, 5.41) is 13.3. The smallest absolute Gasteiger partial charge is 0.231 e. The maximum Gasteiger partial charge on any atom is 0.231 e. The first-order valence-electron chi connectivity index (χ1n) is 7.81. The van der Waals surface area contributed by atoms with E-state index in [1.807, 2.05) is 0 Å². The van der Waals surface area contributed by atoms with Crippen molar-refractivity contribution < 1.29 is 4.52 Å². The fourth-order valence-electron chi connectivity index (χ4n) is 3.71. The van der Waals surface area contributed by atoms with Gasteiger partial charge in [-0.1, -0.05) is 32.3 Å². The zero-order chi connectivity index (χ0) is 14.3. The number of nitriles is 1. The summed E-state index contributed by atoms with van der Waals surface area (Å²) in [6.07, 6.45) is 6.19. The van der Waals surface area contributed by atoms with Gasteiger partial charge in [0.1, 0.15) is 0 Å². The van der Waals surface area contributed by atoms with Crippen LogP contribution in [0.1, 0.15) is 76.4 Å². The van der Waals surface area contributed by atoms with Gasteiger partial charge in [-0.05, 0) is 37.0 Å². The maximum atomic E-state index is 9.15. The molecule has 108 valence electrons. The molecule has 0 aromatic carbocycles. The molecule has 1 heterocycles. The zero-order valence-electron chi connectivity index (χ0n) is 12.6. The lowest BCUT2D eigenvalue weighted by molar-refractivity contribution is 0.302. The quantitative estimate of drug-likeness (QED) is 0.834. The molecule has 2 unspecified atom stereocenters. The fraction of sp³-hybridized carbons (Fsp3) is 0.812. The van der Waals surface area contributed by atoms with Gasteiger partial charge in [-0.25, -0.2) is 0 Å². The molecule has 1 aromatic rings. The lowest BCUT2D eigenvalue weighted by Gasteiger charge is -2.25. The van der Waals surface area contributed by atoms with E-state index in [0.717, 1.165) is 11.7 Å². The van der Waals surface area contributed by atoms with Crippen LogP contribution in [0.3, 0.4) is 0 Å². The molecule has 4 nitrogen and oxygen atoms in total. The van der Waals surface area contributed by atoms with E-state index in [2.05, 4.69) is 37.0 Å². The monoisotopic (exact) mass is 273 g/mol. The van der Waals surface area contributed by atoms with E-state index in [-0.39, 0.29) is 17.3 Å². The SMILES string of the molecule is CCC1CCC(c2noc(C3C(C#N)C3(C)C)n2)CC1. The van der Waals surface area contributed by atoms with Crippen LogP contribution in [0.5, 0.6) is 0 Å². The minimum absolute atomic E-state index is 0.0155. The molecule has 1 aromatic heterocycles. The molecule has 0 amide bonds. The van der Waals surface area contributed by atoms with Crippen LogP contribution in [0.2, 0.25) is 0 Å². The summed E-state index contributed by atoms with van der Waals surface area (Å²) >= 11 is 0. The first-order chi connectivity index (χ1) is 9.57. The molecule has 0 saturated heterocycles. The molecule has 20 heavy (non-hydrogen) atoms. The average Bonchev–Trinajstić information content (AvgIpc) is 2.81. The van der Waals surface area contributed by atoms with Crippen molar-refractivity contribution in [2.75, 3.05) is 0 Å². The Bertz CT molecular complexity index is 520. The Hall–Kier alpha value is -1.37. The predicted octanol–water partition coefficient (Wildman–Crippen LogP) is 4.02. The third kappa shape index (κ3) is 2.13. The van der Waals surface area contributed by atoms with Gasteiger partial charge >= 0.3 is 0 Å². The molecular weight excluding hydrogens is 250 g/mol. The lowest BCUT2D eigenvalue weighted by Crippen LogP contribution is -2.13. The molecule has 2 fully saturated rings. The summed E-state index contributed by atoms with van der Waals surface area (Å²) in [6.45, 7) is 6.47. The van der Waals surface area contributed by atoms with Gasteiger partial charge in [-0.2, -0.15) is 10.2 Å². The van der Waals surface area contributed by atoms with E-state index in [1.165, 1.54) is 32.1 Å². The van der Waals surface area contributed by atoms with Crippen LogP contribution in [0.25, 0.3) is 0 Å². The zero-order valence-corrected chi connectivity index (χ0v) is 12.6. The molecule has 0 bridgehead atoms. The lowest BCUT2D eigenvalue weighted by atomic mass is 9.80. The Balaban J connectivity index is 1.68. The molecule has 2 aliphatic rings. The van der Waals surface area contributed by atoms with Crippen LogP contribution in [0.15, 0.2) is 4.52 Å². The van der Waals surface area contributed by atoms with Crippen LogP contribution in [0.4, 0.5) is 0 Å². The van der Waals surface area contributed by atoms with E-state index in [4.69, 9.17) is 9.78 Å². The van der Waals surface area contributed by atoms with Gasteiger partial charge in [0.25, 0.3) is 0 Å². The molecule has 3 rings (SSSR count). The Morgan fingerprint density at radius 1 is 1.30 bits per heavy atom. The van der Waals surface area contributed by atoms with Crippen molar-refractivity contribution in [1.29, 1.82) is 5.26 Å². The number of hydrogen-bond acceptors (Lipinski definition) is 4. The summed E-state index contributed by atoms with van der Waals surface area (Å²) in [7, 11) is 0. The van der Waals surface area contributed by atoms with Gasteiger partial charge in [0.2, 0.25) is 5.89 Å². The van der Waals surface area contributed by atoms with Gasteiger partial charge in [0.05, 0.1) is 17.9 Å². The summed E-state index contributed by atoms with van der Waals surface area (Å²) in [6, 6.07) is 2.35. The van der Waals surface area contributed by atoms with Crippen LogP contribution in [-0.4, -0.2) is 10.1 Å². The minimum Gasteiger partial charge on any atom is -0.339 e. The molecule has 2 saturated carbocycles.